The first-order valence-electron chi connectivity index (χ1n) is 2.83. The van der Waals surface area contributed by atoms with Crippen molar-refractivity contribution in [3.05, 3.63) is 12.2 Å². The second-order valence-corrected chi connectivity index (χ2v) is 1.94. The summed E-state index contributed by atoms with van der Waals surface area (Å²) in [6.45, 7) is 3.29. The quantitative estimate of drug-likeness (QED) is 0.339. The summed E-state index contributed by atoms with van der Waals surface area (Å²) in [6.07, 6.45) is 2.29. The summed E-state index contributed by atoms with van der Waals surface area (Å²) in [7, 11) is 0. The van der Waals surface area contributed by atoms with Crippen LogP contribution in [0.2, 0.25) is 0 Å². The summed E-state index contributed by atoms with van der Waals surface area (Å²) in [4.78, 5) is 3.90. The van der Waals surface area contributed by atoms with Gasteiger partial charge in [-0.25, -0.2) is 4.89 Å². The van der Waals surface area contributed by atoms with E-state index in [-0.39, 0.29) is 6.10 Å². The van der Waals surface area contributed by atoms with Gasteiger partial charge in [-0.1, -0.05) is 12.2 Å². The Bertz CT molecular complexity index is 88.3. The Hall–Kier alpha value is -0.380. The predicted octanol–water partition coefficient (Wildman–Crippen LogP) is 0.801. The van der Waals surface area contributed by atoms with Crippen LogP contribution in [0.15, 0.2) is 12.2 Å². The molecule has 0 fully saturated rings. The average molecular weight is 132 g/mol. The summed E-state index contributed by atoms with van der Waals surface area (Å²) in [5.41, 5.74) is 0. The highest BCUT2D eigenvalue weighted by Gasteiger charge is 1.93. The van der Waals surface area contributed by atoms with Gasteiger partial charge in [-0.2, -0.15) is 0 Å². The molecule has 0 bridgehead atoms. The number of hydrogen-bond donors (Lipinski definition) is 2. The molecule has 0 aromatic carbocycles. The van der Waals surface area contributed by atoms with Crippen molar-refractivity contribution < 1.29 is 15.3 Å². The zero-order chi connectivity index (χ0) is 7.28. The molecule has 0 aromatic rings. The molecule has 2 N–H and O–H groups in total. The molecule has 0 aliphatic heterocycles. The maximum atomic E-state index is 8.67. The maximum Gasteiger partial charge on any atom is 0.108 e. The standard InChI is InChI=1S/C6H12O3/c1-5(7)3-4-6(2)9-8/h3-8H,1-2H3/b4-3+. The highest BCUT2D eigenvalue weighted by Crippen LogP contribution is 1.91. The lowest BCUT2D eigenvalue weighted by molar-refractivity contribution is -0.261. The maximum absolute atomic E-state index is 8.67. The molecule has 0 aliphatic rings. The van der Waals surface area contributed by atoms with Gasteiger partial charge in [0.2, 0.25) is 0 Å². The molecular weight excluding hydrogens is 120 g/mol. The smallest absolute Gasteiger partial charge is 0.108 e. The number of aliphatic hydroxyl groups is 1. The van der Waals surface area contributed by atoms with Gasteiger partial charge >= 0.3 is 0 Å². The van der Waals surface area contributed by atoms with Gasteiger partial charge in [0.05, 0.1) is 6.10 Å². The minimum Gasteiger partial charge on any atom is -0.389 e. The second-order valence-electron chi connectivity index (χ2n) is 1.94. The van der Waals surface area contributed by atoms with Crippen LogP contribution in [0.1, 0.15) is 13.8 Å². The van der Waals surface area contributed by atoms with Crippen molar-refractivity contribution in [2.75, 3.05) is 0 Å². The fraction of sp³-hybridized carbons (Fsp3) is 0.667. The molecule has 0 amide bonds. The fourth-order valence-corrected chi connectivity index (χ4v) is 0.352. The fourth-order valence-electron chi connectivity index (χ4n) is 0.352. The molecule has 3 nitrogen and oxygen atoms in total. The summed E-state index contributed by atoms with van der Waals surface area (Å²) in [5.74, 6) is 0. The molecular formula is C6H12O3. The molecule has 0 radical (unpaired) electrons. The molecule has 0 aromatic heterocycles. The van der Waals surface area contributed by atoms with Crippen molar-refractivity contribution in [3.8, 4) is 0 Å². The lowest BCUT2D eigenvalue weighted by Crippen LogP contribution is -2.02. The molecule has 2 unspecified atom stereocenters. The van der Waals surface area contributed by atoms with E-state index >= 15 is 0 Å². The van der Waals surface area contributed by atoms with Gasteiger partial charge in [0, 0.05) is 0 Å². The molecule has 3 heteroatoms. The number of rotatable bonds is 3. The monoisotopic (exact) mass is 132 g/mol. The zero-order valence-corrected chi connectivity index (χ0v) is 5.61. The molecule has 0 heterocycles. The summed E-state index contributed by atoms with van der Waals surface area (Å²) < 4.78 is 0. The lowest BCUT2D eigenvalue weighted by Gasteiger charge is -1.99. The van der Waals surface area contributed by atoms with Gasteiger partial charge in [-0.05, 0) is 13.8 Å². The third kappa shape index (κ3) is 5.49. The van der Waals surface area contributed by atoms with E-state index < -0.39 is 6.10 Å². The molecule has 54 valence electrons. The van der Waals surface area contributed by atoms with Gasteiger partial charge in [-0.15, -0.1) is 0 Å². The second kappa shape index (κ2) is 4.49. The van der Waals surface area contributed by atoms with Gasteiger partial charge in [-0.3, -0.25) is 5.26 Å². The first-order chi connectivity index (χ1) is 4.16. The topological polar surface area (TPSA) is 49.7 Å². The van der Waals surface area contributed by atoms with Crippen LogP contribution in [-0.2, 0) is 4.89 Å². The largest absolute Gasteiger partial charge is 0.389 e. The third-order valence-electron chi connectivity index (χ3n) is 0.827. The van der Waals surface area contributed by atoms with Crippen molar-refractivity contribution in [2.45, 2.75) is 26.1 Å². The van der Waals surface area contributed by atoms with Gasteiger partial charge in [0.1, 0.15) is 6.10 Å². The van der Waals surface area contributed by atoms with E-state index in [4.69, 9.17) is 10.4 Å². The van der Waals surface area contributed by atoms with Crippen molar-refractivity contribution in [3.63, 3.8) is 0 Å². The summed E-state index contributed by atoms with van der Waals surface area (Å²) in [5, 5.41) is 16.7. The highest BCUT2D eigenvalue weighted by molar-refractivity contribution is 4.90. The normalized spacial score (nSPS) is 18.2. The molecule has 0 saturated heterocycles. The number of aliphatic hydroxyl groups excluding tert-OH is 1. The lowest BCUT2D eigenvalue weighted by atomic mass is 10.3. The van der Waals surface area contributed by atoms with Crippen LogP contribution in [0.25, 0.3) is 0 Å². The van der Waals surface area contributed by atoms with Crippen molar-refractivity contribution >= 4 is 0 Å². The van der Waals surface area contributed by atoms with E-state index in [0.29, 0.717) is 0 Å². The van der Waals surface area contributed by atoms with E-state index in [9.17, 15) is 0 Å². The average Bonchev–Trinajstić information content (AvgIpc) is 1.83. The van der Waals surface area contributed by atoms with Crippen molar-refractivity contribution in [1.82, 2.24) is 0 Å². The Morgan fingerprint density at radius 1 is 1.33 bits per heavy atom. The van der Waals surface area contributed by atoms with Gasteiger partial charge < -0.3 is 5.11 Å². The minimum atomic E-state index is -0.484. The molecule has 2 atom stereocenters. The van der Waals surface area contributed by atoms with Crippen molar-refractivity contribution in [1.29, 1.82) is 0 Å². The summed E-state index contributed by atoms with van der Waals surface area (Å²) >= 11 is 0. The van der Waals surface area contributed by atoms with Gasteiger partial charge in [0.25, 0.3) is 0 Å². The van der Waals surface area contributed by atoms with E-state index in [1.807, 2.05) is 0 Å². The van der Waals surface area contributed by atoms with Crippen LogP contribution < -0.4 is 0 Å². The zero-order valence-electron chi connectivity index (χ0n) is 5.61. The van der Waals surface area contributed by atoms with Crippen LogP contribution in [-0.4, -0.2) is 22.6 Å². The molecule has 0 spiro atoms. The van der Waals surface area contributed by atoms with Crippen LogP contribution in [0.5, 0.6) is 0 Å². The van der Waals surface area contributed by atoms with Crippen LogP contribution in [0, 0.1) is 0 Å². The van der Waals surface area contributed by atoms with Crippen molar-refractivity contribution in [2.24, 2.45) is 0 Å². The predicted molar refractivity (Wildman–Crippen MR) is 34.0 cm³/mol. The first kappa shape index (κ1) is 8.62. The van der Waals surface area contributed by atoms with E-state index in [0.717, 1.165) is 0 Å². The molecule has 9 heavy (non-hydrogen) atoms. The molecule has 0 aliphatic carbocycles. The van der Waals surface area contributed by atoms with Crippen LogP contribution >= 0.6 is 0 Å². The Kier molecular flexibility index (Phi) is 4.30. The minimum absolute atomic E-state index is 0.348. The summed E-state index contributed by atoms with van der Waals surface area (Å²) in [6, 6.07) is 0. The molecule has 0 rings (SSSR count). The van der Waals surface area contributed by atoms with Gasteiger partial charge in [0.15, 0.2) is 0 Å². The van der Waals surface area contributed by atoms with E-state index in [2.05, 4.69) is 4.89 Å². The Labute approximate surface area is 54.5 Å². The Morgan fingerprint density at radius 3 is 2.22 bits per heavy atom. The molecule has 0 saturated carbocycles. The third-order valence-corrected chi connectivity index (χ3v) is 0.827. The van der Waals surface area contributed by atoms with E-state index in [1.165, 1.54) is 0 Å². The highest BCUT2D eigenvalue weighted by atomic mass is 17.1. The Balaban J connectivity index is 3.43. The first-order valence-corrected chi connectivity index (χ1v) is 2.83. The SMILES string of the molecule is CC(O)/C=C/C(C)OO. The van der Waals surface area contributed by atoms with Crippen LogP contribution in [0.4, 0.5) is 0 Å². The number of hydrogen-bond acceptors (Lipinski definition) is 3. The van der Waals surface area contributed by atoms with Crippen LogP contribution in [0.3, 0.4) is 0 Å². The Morgan fingerprint density at radius 2 is 1.89 bits per heavy atom. The van der Waals surface area contributed by atoms with E-state index in [1.54, 1.807) is 26.0 Å².